The van der Waals surface area contributed by atoms with Crippen LogP contribution in [0.4, 0.5) is 0 Å². The largest absolute Gasteiger partial charge is 0.310 e. The minimum Gasteiger partial charge on any atom is -0.310 e. The van der Waals surface area contributed by atoms with Crippen molar-refractivity contribution in [1.29, 1.82) is 0 Å². The summed E-state index contributed by atoms with van der Waals surface area (Å²) in [5, 5.41) is 0. The second-order valence-electron chi connectivity index (χ2n) is 4.90. The lowest BCUT2D eigenvalue weighted by molar-refractivity contribution is 0.893. The Hall–Kier alpha value is -1.55. The molecule has 1 aromatic carbocycles. The van der Waals surface area contributed by atoms with Gasteiger partial charge in [-0.2, -0.15) is 0 Å². The maximum Gasteiger partial charge on any atom is 0.254 e. The molecule has 0 spiro atoms. The normalized spacial score (nSPS) is 13.5. The van der Waals surface area contributed by atoms with E-state index in [1.807, 2.05) is 0 Å². The highest BCUT2D eigenvalue weighted by atomic mass is 32.2. The van der Waals surface area contributed by atoms with E-state index in [1.54, 1.807) is 11.8 Å². The van der Waals surface area contributed by atoms with Gasteiger partial charge in [-0.15, -0.1) is 11.8 Å². The molecule has 1 aliphatic rings. The van der Waals surface area contributed by atoms with Crippen LogP contribution in [0.2, 0.25) is 0 Å². The topological polar surface area (TPSA) is 45.8 Å². The lowest BCUT2D eigenvalue weighted by Gasteiger charge is -2.04. The van der Waals surface area contributed by atoms with Crippen molar-refractivity contribution in [3.63, 3.8) is 0 Å². The number of nitrogens with zero attached hydrogens (tertiary/aromatic N) is 1. The number of benzene rings is 1. The molecule has 0 radical (unpaired) electrons. The summed E-state index contributed by atoms with van der Waals surface area (Å²) in [5.74, 6) is 1.50. The van der Waals surface area contributed by atoms with Crippen LogP contribution < -0.4 is 5.56 Å². The first-order valence-electron chi connectivity index (χ1n) is 6.53. The fraction of sp³-hybridized carbons (Fsp3) is 0.333. The van der Waals surface area contributed by atoms with Crippen molar-refractivity contribution in [2.45, 2.75) is 36.8 Å². The third kappa shape index (κ3) is 2.73. The number of aryl methyl sites for hydroxylation is 2. The van der Waals surface area contributed by atoms with Crippen LogP contribution in [0.3, 0.4) is 0 Å². The van der Waals surface area contributed by atoms with Crippen molar-refractivity contribution in [3.8, 4) is 0 Å². The van der Waals surface area contributed by atoms with Gasteiger partial charge < -0.3 is 4.98 Å². The van der Waals surface area contributed by atoms with Crippen LogP contribution in [-0.2, 0) is 18.6 Å². The molecular formula is C15H16N2OS. The van der Waals surface area contributed by atoms with Gasteiger partial charge in [-0.25, -0.2) is 4.98 Å². The smallest absolute Gasteiger partial charge is 0.254 e. The molecule has 19 heavy (non-hydrogen) atoms. The first-order valence-corrected chi connectivity index (χ1v) is 7.51. The Kier molecular flexibility index (Phi) is 3.42. The fourth-order valence-electron chi connectivity index (χ4n) is 2.42. The first kappa shape index (κ1) is 12.5. The van der Waals surface area contributed by atoms with Crippen LogP contribution in [0.25, 0.3) is 0 Å². The van der Waals surface area contributed by atoms with Crippen molar-refractivity contribution >= 4 is 11.8 Å². The maximum absolute atomic E-state index is 11.9. The van der Waals surface area contributed by atoms with E-state index in [0.717, 1.165) is 36.3 Å². The Bertz CT molecular complexity index is 663. The molecule has 0 fully saturated rings. The molecule has 0 amide bonds. The van der Waals surface area contributed by atoms with E-state index in [9.17, 15) is 4.79 Å². The Balaban J connectivity index is 1.77. The lowest BCUT2D eigenvalue weighted by Crippen LogP contribution is -2.16. The standard InChI is InChI=1S/C15H16N2OS/c1-10-4-2-5-11(8-10)19-9-14-16-13-7-3-6-12(13)15(18)17-14/h2,4-5,8H,3,6-7,9H2,1H3,(H,16,17,18). The highest BCUT2D eigenvalue weighted by Gasteiger charge is 2.16. The van der Waals surface area contributed by atoms with Gasteiger partial charge in [-0.3, -0.25) is 4.79 Å². The number of hydrogen-bond donors (Lipinski definition) is 1. The highest BCUT2D eigenvalue weighted by Crippen LogP contribution is 2.23. The monoisotopic (exact) mass is 272 g/mol. The van der Waals surface area contributed by atoms with Gasteiger partial charge in [0.2, 0.25) is 0 Å². The quantitative estimate of drug-likeness (QED) is 0.874. The van der Waals surface area contributed by atoms with Gasteiger partial charge in [0.25, 0.3) is 5.56 Å². The minimum atomic E-state index is 0.0577. The Morgan fingerprint density at radius 2 is 2.26 bits per heavy atom. The second kappa shape index (κ2) is 5.21. The molecule has 0 saturated heterocycles. The van der Waals surface area contributed by atoms with Crippen LogP contribution in [0.15, 0.2) is 34.0 Å². The molecule has 2 aromatic rings. The molecule has 1 aliphatic carbocycles. The van der Waals surface area contributed by atoms with Crippen molar-refractivity contribution < 1.29 is 0 Å². The fourth-order valence-corrected chi connectivity index (χ4v) is 3.30. The van der Waals surface area contributed by atoms with Gasteiger partial charge in [0.05, 0.1) is 11.4 Å². The van der Waals surface area contributed by atoms with Gasteiger partial charge >= 0.3 is 0 Å². The van der Waals surface area contributed by atoms with Crippen LogP contribution in [-0.4, -0.2) is 9.97 Å². The summed E-state index contributed by atoms with van der Waals surface area (Å²) in [7, 11) is 0. The van der Waals surface area contributed by atoms with Crippen molar-refractivity contribution in [2.75, 3.05) is 0 Å². The molecule has 0 saturated carbocycles. The molecule has 1 N–H and O–H groups in total. The molecule has 0 unspecified atom stereocenters. The number of aromatic nitrogens is 2. The molecule has 98 valence electrons. The van der Waals surface area contributed by atoms with E-state index in [4.69, 9.17) is 0 Å². The molecule has 1 aromatic heterocycles. The van der Waals surface area contributed by atoms with Gasteiger partial charge in [0, 0.05) is 10.5 Å². The number of hydrogen-bond acceptors (Lipinski definition) is 3. The van der Waals surface area contributed by atoms with Crippen LogP contribution >= 0.6 is 11.8 Å². The van der Waals surface area contributed by atoms with E-state index >= 15 is 0 Å². The zero-order chi connectivity index (χ0) is 13.2. The number of fused-ring (bicyclic) bond motifs is 1. The Morgan fingerprint density at radius 3 is 3.11 bits per heavy atom. The summed E-state index contributed by atoms with van der Waals surface area (Å²) >= 11 is 1.71. The number of thioether (sulfide) groups is 1. The predicted octanol–water partition coefficient (Wildman–Crippen LogP) is 2.86. The third-order valence-corrected chi connectivity index (χ3v) is 4.36. The van der Waals surface area contributed by atoms with E-state index < -0.39 is 0 Å². The van der Waals surface area contributed by atoms with Gasteiger partial charge in [-0.1, -0.05) is 17.7 Å². The summed E-state index contributed by atoms with van der Waals surface area (Å²) in [4.78, 5) is 20.6. The average molecular weight is 272 g/mol. The van der Waals surface area contributed by atoms with E-state index in [1.165, 1.54) is 10.5 Å². The van der Waals surface area contributed by atoms with Crippen LogP contribution in [0, 0.1) is 6.92 Å². The van der Waals surface area contributed by atoms with Crippen LogP contribution in [0.5, 0.6) is 0 Å². The molecular weight excluding hydrogens is 256 g/mol. The van der Waals surface area contributed by atoms with Gasteiger partial charge in [0.15, 0.2) is 0 Å². The maximum atomic E-state index is 11.9. The van der Waals surface area contributed by atoms with E-state index in [-0.39, 0.29) is 5.56 Å². The predicted molar refractivity (Wildman–Crippen MR) is 77.6 cm³/mol. The zero-order valence-electron chi connectivity index (χ0n) is 10.9. The number of rotatable bonds is 3. The van der Waals surface area contributed by atoms with Gasteiger partial charge in [-0.05, 0) is 38.3 Å². The average Bonchev–Trinajstić information content (AvgIpc) is 2.85. The third-order valence-electron chi connectivity index (χ3n) is 3.36. The summed E-state index contributed by atoms with van der Waals surface area (Å²) in [5.41, 5.74) is 3.20. The van der Waals surface area contributed by atoms with Crippen molar-refractivity contribution in [2.24, 2.45) is 0 Å². The van der Waals surface area contributed by atoms with Crippen LogP contribution in [0.1, 0.15) is 29.1 Å². The first-order chi connectivity index (χ1) is 9.22. The molecule has 0 aliphatic heterocycles. The Labute approximate surface area is 116 Å². The lowest BCUT2D eigenvalue weighted by atomic mass is 10.2. The SMILES string of the molecule is Cc1cccc(SCc2nc3c(c(=O)[nH]2)CCC3)c1. The summed E-state index contributed by atoms with van der Waals surface area (Å²) < 4.78 is 0. The summed E-state index contributed by atoms with van der Waals surface area (Å²) in [6.45, 7) is 2.08. The molecule has 0 atom stereocenters. The molecule has 3 rings (SSSR count). The molecule has 3 nitrogen and oxygen atoms in total. The minimum absolute atomic E-state index is 0.0577. The van der Waals surface area contributed by atoms with Crippen molar-refractivity contribution in [1.82, 2.24) is 9.97 Å². The Morgan fingerprint density at radius 1 is 1.37 bits per heavy atom. The zero-order valence-corrected chi connectivity index (χ0v) is 11.7. The van der Waals surface area contributed by atoms with Gasteiger partial charge in [0.1, 0.15) is 5.82 Å². The molecule has 0 bridgehead atoms. The summed E-state index contributed by atoms with van der Waals surface area (Å²) in [6, 6.07) is 8.37. The summed E-state index contributed by atoms with van der Waals surface area (Å²) in [6.07, 6.45) is 2.88. The second-order valence-corrected chi connectivity index (χ2v) is 5.95. The van der Waals surface area contributed by atoms with Crippen molar-refractivity contribution in [3.05, 3.63) is 57.3 Å². The number of aromatic amines is 1. The molecule has 1 heterocycles. The number of nitrogens with one attached hydrogen (secondary N) is 1. The number of H-pyrrole nitrogens is 1. The van der Waals surface area contributed by atoms with E-state index in [2.05, 4.69) is 41.2 Å². The molecule has 4 heteroatoms. The van der Waals surface area contributed by atoms with E-state index in [0.29, 0.717) is 5.75 Å². The highest BCUT2D eigenvalue weighted by molar-refractivity contribution is 7.98.